The van der Waals surface area contributed by atoms with Gasteiger partial charge in [0.2, 0.25) is 5.91 Å². The first-order valence-electron chi connectivity index (χ1n) is 7.61. The van der Waals surface area contributed by atoms with E-state index in [1.54, 1.807) is 0 Å². The molecule has 0 aliphatic heterocycles. The van der Waals surface area contributed by atoms with Crippen LogP contribution in [0, 0.1) is 6.92 Å². The second-order valence-electron chi connectivity index (χ2n) is 5.49. The zero-order valence-corrected chi connectivity index (χ0v) is 13.2. The smallest absolute Gasteiger partial charge is 0.329 e. The van der Waals surface area contributed by atoms with Crippen LogP contribution in [0.1, 0.15) is 43.0 Å². The van der Waals surface area contributed by atoms with Crippen LogP contribution in [-0.4, -0.2) is 16.0 Å². The second kappa shape index (κ2) is 7.94. The average Bonchev–Trinajstić information content (AvgIpc) is 2.96. The Morgan fingerprint density at radius 1 is 1.25 bits per heavy atom. The Morgan fingerprint density at radius 2 is 2.04 bits per heavy atom. The molecule has 0 bridgehead atoms. The molecule has 2 aromatic rings. The van der Waals surface area contributed by atoms with Crippen molar-refractivity contribution in [3.05, 3.63) is 41.5 Å². The molecule has 24 heavy (non-hydrogen) atoms. The van der Waals surface area contributed by atoms with Gasteiger partial charge >= 0.3 is 12.1 Å². The molecule has 0 aliphatic rings. The van der Waals surface area contributed by atoms with E-state index in [0.29, 0.717) is 32.1 Å². The Labute approximate surface area is 137 Å². The number of nitrogens with zero attached hydrogens (tertiary/aromatic N) is 2. The molecule has 1 heterocycles. The normalized spacial score (nSPS) is 11.5. The van der Waals surface area contributed by atoms with E-state index >= 15 is 0 Å². The van der Waals surface area contributed by atoms with Crippen molar-refractivity contribution in [2.45, 2.75) is 45.2 Å². The predicted octanol–water partition coefficient (Wildman–Crippen LogP) is 4.14. The van der Waals surface area contributed by atoms with Crippen molar-refractivity contribution in [3.63, 3.8) is 0 Å². The molecule has 0 aliphatic carbocycles. The Balaban J connectivity index is 1.64. The maximum absolute atomic E-state index is 12.3. The van der Waals surface area contributed by atoms with Gasteiger partial charge in [0.05, 0.1) is 0 Å². The minimum Gasteiger partial charge on any atom is -0.329 e. The summed E-state index contributed by atoms with van der Waals surface area (Å²) in [6, 6.07) is 7.51. The van der Waals surface area contributed by atoms with Gasteiger partial charge in [0.25, 0.3) is 0 Å². The van der Waals surface area contributed by atoms with Crippen molar-refractivity contribution in [2.75, 3.05) is 5.32 Å². The second-order valence-corrected chi connectivity index (χ2v) is 5.49. The number of amides is 1. The highest BCUT2D eigenvalue weighted by Crippen LogP contribution is 2.27. The van der Waals surface area contributed by atoms with Crippen LogP contribution in [0.4, 0.5) is 18.9 Å². The van der Waals surface area contributed by atoms with Gasteiger partial charge in [-0.25, -0.2) is 0 Å². The number of aryl methyl sites for hydroxylation is 2. The largest absolute Gasteiger partial charge is 0.471 e. The molecule has 130 valence electrons. The number of anilines is 1. The van der Waals surface area contributed by atoms with Gasteiger partial charge in [-0.05, 0) is 37.5 Å². The van der Waals surface area contributed by atoms with E-state index in [9.17, 15) is 18.0 Å². The molecule has 8 heteroatoms. The minimum atomic E-state index is -4.61. The van der Waals surface area contributed by atoms with Gasteiger partial charge in [0.1, 0.15) is 0 Å². The maximum atomic E-state index is 12.3. The van der Waals surface area contributed by atoms with E-state index in [-0.39, 0.29) is 11.7 Å². The van der Waals surface area contributed by atoms with Crippen molar-refractivity contribution < 1.29 is 22.5 Å². The zero-order valence-electron chi connectivity index (χ0n) is 13.2. The van der Waals surface area contributed by atoms with Crippen molar-refractivity contribution in [1.82, 2.24) is 10.1 Å². The zero-order chi connectivity index (χ0) is 17.6. The first kappa shape index (κ1) is 18.0. The molecule has 0 spiro atoms. The molecule has 0 fully saturated rings. The molecule has 5 nitrogen and oxygen atoms in total. The Hall–Kier alpha value is -2.38. The standard InChI is InChI=1S/C16H18F3N3O2/c1-11-6-5-7-12(10-11)20-14(23)9-4-2-3-8-13-21-15(24-22-13)16(17,18)19/h5-7,10H,2-4,8-9H2,1H3,(H,20,23). The van der Waals surface area contributed by atoms with Crippen LogP contribution in [0.25, 0.3) is 0 Å². The summed E-state index contributed by atoms with van der Waals surface area (Å²) in [6.07, 6.45) is -2.04. The molecule has 0 unspecified atom stereocenters. The number of benzene rings is 1. The molecule has 0 saturated carbocycles. The molecule has 1 amide bonds. The number of unbranched alkanes of at least 4 members (excludes halogenated alkanes) is 2. The van der Waals surface area contributed by atoms with E-state index in [2.05, 4.69) is 20.0 Å². The molecular formula is C16H18F3N3O2. The van der Waals surface area contributed by atoms with Crippen LogP contribution in [0.5, 0.6) is 0 Å². The van der Waals surface area contributed by atoms with Crippen molar-refractivity contribution in [3.8, 4) is 0 Å². The number of hydrogen-bond acceptors (Lipinski definition) is 4. The molecule has 1 aromatic carbocycles. The summed E-state index contributed by atoms with van der Waals surface area (Å²) in [5.74, 6) is -1.37. The summed E-state index contributed by atoms with van der Waals surface area (Å²) in [6.45, 7) is 1.94. The maximum Gasteiger partial charge on any atom is 0.471 e. The number of alkyl halides is 3. The number of nitrogens with one attached hydrogen (secondary N) is 1. The topological polar surface area (TPSA) is 68.0 Å². The monoisotopic (exact) mass is 341 g/mol. The third-order valence-electron chi connectivity index (χ3n) is 3.32. The summed E-state index contributed by atoms with van der Waals surface area (Å²) < 4.78 is 41.0. The number of carbonyl (C=O) groups is 1. The number of rotatable bonds is 7. The SMILES string of the molecule is Cc1cccc(NC(=O)CCCCCc2noc(C(F)(F)F)n2)c1. The first-order valence-corrected chi connectivity index (χ1v) is 7.61. The quantitative estimate of drug-likeness (QED) is 0.769. The number of carbonyl (C=O) groups excluding carboxylic acids is 1. The molecule has 0 radical (unpaired) electrons. The fourth-order valence-electron chi connectivity index (χ4n) is 2.16. The van der Waals surface area contributed by atoms with Crippen LogP contribution >= 0.6 is 0 Å². The van der Waals surface area contributed by atoms with Gasteiger partial charge in [0.15, 0.2) is 5.82 Å². The van der Waals surface area contributed by atoms with Crippen LogP contribution in [0.15, 0.2) is 28.8 Å². The predicted molar refractivity (Wildman–Crippen MR) is 81.3 cm³/mol. The minimum absolute atomic E-state index is 0.0338. The first-order chi connectivity index (χ1) is 11.3. The Morgan fingerprint density at radius 3 is 2.71 bits per heavy atom. The summed E-state index contributed by atoms with van der Waals surface area (Å²) >= 11 is 0. The lowest BCUT2D eigenvalue weighted by molar-refractivity contribution is -0.159. The van der Waals surface area contributed by atoms with E-state index < -0.39 is 12.1 Å². The van der Waals surface area contributed by atoms with E-state index in [4.69, 9.17) is 0 Å². The third-order valence-corrected chi connectivity index (χ3v) is 3.32. The molecular weight excluding hydrogens is 323 g/mol. The number of halogens is 3. The lowest BCUT2D eigenvalue weighted by Gasteiger charge is -2.05. The summed E-state index contributed by atoms with van der Waals surface area (Å²) in [7, 11) is 0. The average molecular weight is 341 g/mol. The van der Waals surface area contributed by atoms with Crippen LogP contribution in [0.3, 0.4) is 0 Å². The van der Waals surface area contributed by atoms with Gasteiger partial charge in [-0.1, -0.05) is 23.7 Å². The third kappa shape index (κ3) is 5.68. The Kier molecular flexibility index (Phi) is 5.94. The van der Waals surface area contributed by atoms with Crippen molar-refractivity contribution in [2.24, 2.45) is 0 Å². The highest BCUT2D eigenvalue weighted by atomic mass is 19.4. The molecule has 1 aromatic heterocycles. The molecule has 0 atom stereocenters. The van der Waals surface area contributed by atoms with Gasteiger partial charge in [-0.3, -0.25) is 4.79 Å². The number of aromatic nitrogens is 2. The fraction of sp³-hybridized carbons (Fsp3) is 0.438. The van der Waals surface area contributed by atoms with Crippen LogP contribution in [0.2, 0.25) is 0 Å². The summed E-state index contributed by atoms with van der Waals surface area (Å²) in [4.78, 5) is 15.1. The van der Waals surface area contributed by atoms with E-state index in [1.165, 1.54) is 0 Å². The van der Waals surface area contributed by atoms with Crippen molar-refractivity contribution in [1.29, 1.82) is 0 Å². The number of hydrogen-bond donors (Lipinski definition) is 1. The molecule has 2 rings (SSSR count). The molecule has 1 N–H and O–H groups in total. The van der Waals surface area contributed by atoms with Gasteiger partial charge in [-0.15, -0.1) is 0 Å². The highest BCUT2D eigenvalue weighted by molar-refractivity contribution is 5.90. The van der Waals surface area contributed by atoms with E-state index in [0.717, 1.165) is 11.3 Å². The van der Waals surface area contributed by atoms with Gasteiger partial charge < -0.3 is 9.84 Å². The fourth-order valence-corrected chi connectivity index (χ4v) is 2.16. The summed E-state index contributed by atoms with van der Waals surface area (Å²) in [5, 5.41) is 6.10. The summed E-state index contributed by atoms with van der Waals surface area (Å²) in [5.41, 5.74) is 1.82. The van der Waals surface area contributed by atoms with Crippen LogP contribution < -0.4 is 5.32 Å². The lowest BCUT2D eigenvalue weighted by atomic mass is 10.1. The van der Waals surface area contributed by atoms with Gasteiger partial charge in [-0.2, -0.15) is 18.2 Å². The van der Waals surface area contributed by atoms with Crippen LogP contribution in [-0.2, 0) is 17.4 Å². The van der Waals surface area contributed by atoms with Gasteiger partial charge in [0, 0.05) is 18.5 Å². The lowest BCUT2D eigenvalue weighted by Crippen LogP contribution is -2.11. The molecule has 0 saturated heterocycles. The van der Waals surface area contributed by atoms with E-state index in [1.807, 2.05) is 31.2 Å². The van der Waals surface area contributed by atoms with Crippen molar-refractivity contribution >= 4 is 11.6 Å². The Bertz CT molecular complexity index is 683. The highest BCUT2D eigenvalue weighted by Gasteiger charge is 2.38.